The number of fused-ring (bicyclic) bond motifs is 3. The Balaban J connectivity index is 1.57. The predicted octanol–water partition coefficient (Wildman–Crippen LogP) is 6.67. The molecule has 0 saturated heterocycles. The van der Waals surface area contributed by atoms with Crippen molar-refractivity contribution in [2.75, 3.05) is 0 Å². The highest BCUT2D eigenvalue weighted by molar-refractivity contribution is 7.16. The topological polar surface area (TPSA) is 0 Å². The van der Waals surface area contributed by atoms with E-state index in [-0.39, 0.29) is 0 Å². The van der Waals surface area contributed by atoms with Gasteiger partial charge in [-0.05, 0) is 57.7 Å². The minimum absolute atomic E-state index is 1.04. The third-order valence-corrected chi connectivity index (χ3v) is 5.95. The van der Waals surface area contributed by atoms with E-state index in [2.05, 4.69) is 84.9 Å². The molecule has 1 aliphatic rings. The van der Waals surface area contributed by atoms with E-state index in [1.54, 1.807) is 0 Å². The molecule has 0 spiro atoms. The van der Waals surface area contributed by atoms with E-state index in [0.29, 0.717) is 0 Å². The molecule has 114 valence electrons. The largest absolute Gasteiger partial charge is 0.136 e. The lowest BCUT2D eigenvalue weighted by molar-refractivity contribution is 1.34. The summed E-state index contributed by atoms with van der Waals surface area (Å²) in [5.74, 6) is 0. The average Bonchev–Trinajstić information content (AvgIpc) is 3.29. The van der Waals surface area contributed by atoms with Crippen molar-refractivity contribution in [2.45, 2.75) is 6.42 Å². The van der Waals surface area contributed by atoms with E-state index in [0.717, 1.165) is 6.42 Å². The minimum atomic E-state index is 1.04. The molecule has 5 rings (SSSR count). The van der Waals surface area contributed by atoms with Crippen LogP contribution in [0.25, 0.3) is 32.9 Å². The van der Waals surface area contributed by atoms with Gasteiger partial charge in [0.05, 0.1) is 0 Å². The third-order valence-electron chi connectivity index (χ3n) is 4.74. The van der Waals surface area contributed by atoms with Crippen molar-refractivity contribution in [3.05, 3.63) is 94.9 Å². The van der Waals surface area contributed by atoms with Crippen molar-refractivity contribution in [3.63, 3.8) is 0 Å². The summed E-state index contributed by atoms with van der Waals surface area (Å²) in [6, 6.07) is 28.4. The highest BCUT2D eigenvalue weighted by atomic mass is 32.1. The Kier molecular flexibility index (Phi) is 3.14. The van der Waals surface area contributed by atoms with Crippen molar-refractivity contribution in [2.24, 2.45) is 0 Å². The van der Waals surface area contributed by atoms with Crippen LogP contribution in [0.2, 0.25) is 0 Å². The standard InChI is InChI=1S/C23H16S/c1-2-7-17(8-3-1)22-12-13-23(24-22)19-14-18-11-10-16-6-4-5-9-20(16)21(18)15-19/h1-13,15H,14H2. The second kappa shape index (κ2) is 5.47. The molecule has 0 aliphatic heterocycles. The van der Waals surface area contributed by atoms with Crippen molar-refractivity contribution in [1.82, 2.24) is 0 Å². The summed E-state index contributed by atoms with van der Waals surface area (Å²) in [6.45, 7) is 0. The maximum absolute atomic E-state index is 2.39. The number of allylic oxidation sites excluding steroid dienone is 1. The van der Waals surface area contributed by atoms with Gasteiger partial charge < -0.3 is 0 Å². The first kappa shape index (κ1) is 13.8. The first-order valence-electron chi connectivity index (χ1n) is 8.25. The first-order valence-corrected chi connectivity index (χ1v) is 9.07. The monoisotopic (exact) mass is 324 g/mol. The third kappa shape index (κ3) is 2.21. The van der Waals surface area contributed by atoms with Crippen LogP contribution < -0.4 is 0 Å². The summed E-state index contributed by atoms with van der Waals surface area (Å²) in [5.41, 5.74) is 5.58. The molecule has 0 saturated carbocycles. The zero-order valence-corrected chi connectivity index (χ0v) is 14.0. The summed E-state index contributed by atoms with van der Waals surface area (Å²) < 4.78 is 0. The maximum Gasteiger partial charge on any atom is 0.0349 e. The van der Waals surface area contributed by atoms with Gasteiger partial charge in [0.15, 0.2) is 0 Å². The number of benzene rings is 3. The van der Waals surface area contributed by atoms with Gasteiger partial charge in [-0.25, -0.2) is 0 Å². The molecule has 1 aromatic heterocycles. The summed E-state index contributed by atoms with van der Waals surface area (Å²) in [6.07, 6.45) is 3.42. The zero-order valence-electron chi connectivity index (χ0n) is 13.2. The molecule has 1 heterocycles. The van der Waals surface area contributed by atoms with Crippen LogP contribution in [0.15, 0.2) is 78.9 Å². The molecular formula is C23H16S. The normalized spacial score (nSPS) is 13.1. The van der Waals surface area contributed by atoms with Gasteiger partial charge in [0.2, 0.25) is 0 Å². The molecule has 0 amide bonds. The second-order valence-corrected chi connectivity index (χ2v) is 7.32. The van der Waals surface area contributed by atoms with Gasteiger partial charge in [0.25, 0.3) is 0 Å². The highest BCUT2D eigenvalue weighted by Crippen LogP contribution is 2.40. The maximum atomic E-state index is 2.39. The fourth-order valence-corrected chi connectivity index (χ4v) is 4.55. The lowest BCUT2D eigenvalue weighted by Gasteiger charge is -2.03. The van der Waals surface area contributed by atoms with Crippen LogP contribution >= 0.6 is 11.3 Å². The molecule has 1 aliphatic carbocycles. The SMILES string of the molecule is C1=C(c2ccc(-c3ccccc3)s2)Cc2ccc3ccccc3c21. The Labute approximate surface area is 145 Å². The van der Waals surface area contributed by atoms with Gasteiger partial charge in [-0.3, -0.25) is 0 Å². The molecule has 4 aromatic rings. The Morgan fingerprint density at radius 3 is 2.38 bits per heavy atom. The van der Waals surface area contributed by atoms with Crippen molar-refractivity contribution < 1.29 is 0 Å². The smallest absolute Gasteiger partial charge is 0.0349 e. The summed E-state index contributed by atoms with van der Waals surface area (Å²) >= 11 is 1.89. The van der Waals surface area contributed by atoms with E-state index in [1.807, 2.05) is 11.3 Å². The molecule has 0 radical (unpaired) electrons. The fraction of sp³-hybridized carbons (Fsp3) is 0.0435. The molecule has 24 heavy (non-hydrogen) atoms. The fourth-order valence-electron chi connectivity index (χ4n) is 3.52. The number of rotatable bonds is 2. The van der Waals surface area contributed by atoms with Gasteiger partial charge >= 0.3 is 0 Å². The molecule has 0 fully saturated rings. The van der Waals surface area contributed by atoms with E-state index in [1.165, 1.54) is 42.8 Å². The Hall–Kier alpha value is -2.64. The van der Waals surface area contributed by atoms with E-state index >= 15 is 0 Å². The van der Waals surface area contributed by atoms with E-state index in [4.69, 9.17) is 0 Å². The lowest BCUT2D eigenvalue weighted by atomic mass is 10.0. The summed E-state index contributed by atoms with van der Waals surface area (Å²) in [4.78, 5) is 2.72. The second-order valence-electron chi connectivity index (χ2n) is 6.24. The molecule has 0 atom stereocenters. The van der Waals surface area contributed by atoms with Crippen LogP contribution in [0.3, 0.4) is 0 Å². The Morgan fingerprint density at radius 1 is 0.667 bits per heavy atom. The van der Waals surface area contributed by atoms with Crippen LogP contribution in [0, 0.1) is 0 Å². The van der Waals surface area contributed by atoms with Gasteiger partial charge in [0.1, 0.15) is 0 Å². The van der Waals surface area contributed by atoms with Crippen molar-refractivity contribution in [3.8, 4) is 10.4 Å². The quantitative estimate of drug-likeness (QED) is 0.386. The van der Waals surface area contributed by atoms with Crippen LogP contribution in [-0.2, 0) is 6.42 Å². The van der Waals surface area contributed by atoms with Gasteiger partial charge in [0, 0.05) is 9.75 Å². The van der Waals surface area contributed by atoms with Crippen LogP contribution in [0.5, 0.6) is 0 Å². The lowest BCUT2D eigenvalue weighted by Crippen LogP contribution is -1.84. The van der Waals surface area contributed by atoms with Gasteiger partial charge in [-0.15, -0.1) is 11.3 Å². The highest BCUT2D eigenvalue weighted by Gasteiger charge is 2.17. The minimum Gasteiger partial charge on any atom is -0.136 e. The zero-order chi connectivity index (χ0) is 15.9. The Morgan fingerprint density at radius 2 is 1.46 bits per heavy atom. The summed E-state index contributed by atoms with van der Waals surface area (Å²) in [7, 11) is 0. The van der Waals surface area contributed by atoms with Crippen LogP contribution in [0.1, 0.15) is 16.0 Å². The van der Waals surface area contributed by atoms with Crippen LogP contribution in [-0.4, -0.2) is 0 Å². The molecule has 3 aromatic carbocycles. The van der Waals surface area contributed by atoms with Gasteiger partial charge in [-0.1, -0.05) is 66.7 Å². The van der Waals surface area contributed by atoms with Crippen molar-refractivity contribution in [1.29, 1.82) is 0 Å². The molecule has 0 bridgehead atoms. The number of thiophene rings is 1. The molecule has 0 unspecified atom stereocenters. The van der Waals surface area contributed by atoms with Crippen LogP contribution in [0.4, 0.5) is 0 Å². The average molecular weight is 324 g/mol. The van der Waals surface area contributed by atoms with Gasteiger partial charge in [-0.2, -0.15) is 0 Å². The Bertz CT molecular complexity index is 1070. The van der Waals surface area contributed by atoms with Crippen molar-refractivity contribution >= 4 is 33.8 Å². The predicted molar refractivity (Wildman–Crippen MR) is 105 cm³/mol. The first-order chi connectivity index (χ1) is 11.9. The molecular weight excluding hydrogens is 308 g/mol. The molecule has 0 N–H and O–H groups in total. The van der Waals surface area contributed by atoms with E-state index < -0.39 is 0 Å². The molecule has 0 nitrogen and oxygen atoms in total. The van der Waals surface area contributed by atoms with E-state index in [9.17, 15) is 0 Å². The molecule has 1 heteroatoms. The summed E-state index contributed by atoms with van der Waals surface area (Å²) in [5, 5.41) is 2.69. The number of hydrogen-bond acceptors (Lipinski definition) is 1. The number of hydrogen-bond donors (Lipinski definition) is 0.